The summed E-state index contributed by atoms with van der Waals surface area (Å²) in [5.74, 6) is 0.105. The van der Waals surface area contributed by atoms with Crippen LogP contribution in [0, 0.1) is 5.82 Å². The molecule has 0 spiro atoms. The molecule has 0 unspecified atom stereocenters. The van der Waals surface area contributed by atoms with Crippen LogP contribution < -0.4 is 4.74 Å². The van der Waals surface area contributed by atoms with Gasteiger partial charge in [0.1, 0.15) is 0 Å². The van der Waals surface area contributed by atoms with Crippen LogP contribution in [-0.4, -0.2) is 11.6 Å². The molecule has 0 fully saturated rings. The number of aryl methyl sites for hydroxylation is 1. The lowest BCUT2D eigenvalue weighted by Crippen LogP contribution is -2.01. The number of hydrogen-bond donors (Lipinski definition) is 0. The van der Waals surface area contributed by atoms with Gasteiger partial charge in [0.2, 0.25) is 0 Å². The van der Waals surface area contributed by atoms with E-state index in [2.05, 4.69) is 4.98 Å². The zero-order valence-corrected chi connectivity index (χ0v) is 12.4. The van der Waals surface area contributed by atoms with E-state index in [4.69, 9.17) is 27.9 Å². The molecule has 0 saturated carbocycles. The Balaban J connectivity index is 1.80. The zero-order valence-electron chi connectivity index (χ0n) is 10.0. The van der Waals surface area contributed by atoms with Crippen molar-refractivity contribution in [1.82, 2.24) is 4.98 Å². The van der Waals surface area contributed by atoms with Gasteiger partial charge in [0, 0.05) is 11.8 Å². The quantitative estimate of drug-likeness (QED) is 0.569. The fraction of sp³-hybridized carbons (Fsp3) is 0.308. The lowest BCUT2D eigenvalue weighted by Gasteiger charge is -2.08. The Labute approximate surface area is 125 Å². The van der Waals surface area contributed by atoms with Gasteiger partial charge in [-0.3, -0.25) is 0 Å². The van der Waals surface area contributed by atoms with Crippen LogP contribution in [0.4, 0.5) is 4.39 Å². The molecule has 0 aliphatic rings. The SMILES string of the molecule is Fc1cccc(Cl)c1OCCCc1nc(CCl)cs1. The van der Waals surface area contributed by atoms with E-state index in [9.17, 15) is 4.39 Å². The van der Waals surface area contributed by atoms with E-state index >= 15 is 0 Å². The van der Waals surface area contributed by atoms with Crippen LogP contribution in [0.5, 0.6) is 5.75 Å². The summed E-state index contributed by atoms with van der Waals surface area (Å²) in [6.45, 7) is 0.399. The first-order chi connectivity index (χ1) is 9.20. The molecular formula is C13H12Cl2FNOS. The molecule has 102 valence electrons. The van der Waals surface area contributed by atoms with Crippen molar-refractivity contribution in [3.8, 4) is 5.75 Å². The van der Waals surface area contributed by atoms with Gasteiger partial charge in [-0.2, -0.15) is 0 Å². The lowest BCUT2D eigenvalue weighted by molar-refractivity contribution is 0.296. The molecule has 1 heterocycles. The number of alkyl halides is 1. The van der Waals surface area contributed by atoms with Crippen LogP contribution in [0.25, 0.3) is 0 Å². The molecule has 0 radical (unpaired) electrons. The molecule has 19 heavy (non-hydrogen) atoms. The number of rotatable bonds is 6. The molecule has 0 bridgehead atoms. The van der Waals surface area contributed by atoms with Crippen molar-refractivity contribution in [2.45, 2.75) is 18.7 Å². The van der Waals surface area contributed by atoms with Crippen molar-refractivity contribution >= 4 is 34.5 Å². The number of aromatic nitrogens is 1. The summed E-state index contributed by atoms with van der Waals surface area (Å²) < 4.78 is 18.8. The maximum absolute atomic E-state index is 13.4. The minimum atomic E-state index is -0.439. The first-order valence-electron chi connectivity index (χ1n) is 5.76. The minimum absolute atomic E-state index is 0.116. The van der Waals surface area contributed by atoms with Gasteiger partial charge in [0.25, 0.3) is 0 Å². The third kappa shape index (κ3) is 4.06. The van der Waals surface area contributed by atoms with Gasteiger partial charge in [-0.25, -0.2) is 9.37 Å². The molecule has 1 aromatic heterocycles. The van der Waals surface area contributed by atoms with Crippen LogP contribution in [0.1, 0.15) is 17.1 Å². The van der Waals surface area contributed by atoms with Crippen molar-refractivity contribution < 1.29 is 9.13 Å². The van der Waals surface area contributed by atoms with E-state index in [0.717, 1.165) is 23.5 Å². The van der Waals surface area contributed by atoms with Gasteiger partial charge in [-0.05, 0) is 18.6 Å². The van der Waals surface area contributed by atoms with Crippen molar-refractivity contribution in [2.75, 3.05) is 6.61 Å². The number of ether oxygens (including phenoxy) is 1. The average molecular weight is 320 g/mol. The minimum Gasteiger partial charge on any atom is -0.489 e. The van der Waals surface area contributed by atoms with Crippen LogP contribution >= 0.6 is 34.5 Å². The number of benzene rings is 1. The highest BCUT2D eigenvalue weighted by Gasteiger charge is 2.08. The Bertz CT molecular complexity index is 527. The molecule has 0 atom stereocenters. The fourth-order valence-corrected chi connectivity index (χ4v) is 2.83. The maximum Gasteiger partial charge on any atom is 0.173 e. The lowest BCUT2D eigenvalue weighted by atomic mass is 10.3. The highest BCUT2D eigenvalue weighted by Crippen LogP contribution is 2.27. The van der Waals surface area contributed by atoms with Gasteiger partial charge in [0.15, 0.2) is 11.6 Å². The topological polar surface area (TPSA) is 22.1 Å². The maximum atomic E-state index is 13.4. The van der Waals surface area contributed by atoms with E-state index in [0.29, 0.717) is 17.5 Å². The third-order valence-corrected chi connectivity index (χ3v) is 3.97. The molecule has 2 rings (SSSR count). The predicted octanol–water partition coefficient (Wildman–Crippen LogP) is 4.69. The molecule has 0 amide bonds. The number of para-hydroxylation sites is 1. The second-order valence-corrected chi connectivity index (χ2v) is 5.49. The number of nitrogens with zero attached hydrogens (tertiary/aromatic N) is 1. The second kappa shape index (κ2) is 7.08. The zero-order chi connectivity index (χ0) is 13.7. The van der Waals surface area contributed by atoms with Gasteiger partial charge >= 0.3 is 0 Å². The first-order valence-corrected chi connectivity index (χ1v) is 7.56. The van der Waals surface area contributed by atoms with E-state index in [1.54, 1.807) is 23.5 Å². The monoisotopic (exact) mass is 319 g/mol. The largest absolute Gasteiger partial charge is 0.489 e. The molecule has 0 N–H and O–H groups in total. The highest BCUT2D eigenvalue weighted by atomic mass is 35.5. The highest BCUT2D eigenvalue weighted by molar-refractivity contribution is 7.09. The van der Waals surface area contributed by atoms with Crippen LogP contribution in [0.2, 0.25) is 5.02 Å². The smallest absolute Gasteiger partial charge is 0.173 e. The molecule has 0 aliphatic carbocycles. The second-order valence-electron chi connectivity index (χ2n) is 3.87. The number of thiazole rings is 1. The summed E-state index contributed by atoms with van der Waals surface area (Å²) in [6, 6.07) is 4.48. The number of hydrogen-bond acceptors (Lipinski definition) is 3. The standard InChI is InChI=1S/C13H12Cl2FNOS/c14-7-9-8-19-12(17-9)5-2-6-18-13-10(15)3-1-4-11(13)16/h1,3-4,8H,2,5-7H2. The van der Waals surface area contributed by atoms with E-state index in [1.807, 2.05) is 5.38 Å². The van der Waals surface area contributed by atoms with Gasteiger partial charge in [-0.1, -0.05) is 17.7 Å². The Morgan fingerprint density at radius 3 is 2.89 bits per heavy atom. The predicted molar refractivity (Wildman–Crippen MR) is 76.9 cm³/mol. The summed E-state index contributed by atoms with van der Waals surface area (Å²) in [4.78, 5) is 4.34. The van der Waals surface area contributed by atoms with Crippen molar-refractivity contribution in [2.24, 2.45) is 0 Å². The Morgan fingerprint density at radius 2 is 2.21 bits per heavy atom. The van der Waals surface area contributed by atoms with Crippen molar-refractivity contribution in [3.05, 3.63) is 45.1 Å². The molecule has 0 saturated heterocycles. The number of halogens is 3. The Hall–Kier alpha value is -0.840. The molecule has 2 nitrogen and oxygen atoms in total. The van der Waals surface area contributed by atoms with Gasteiger partial charge in [-0.15, -0.1) is 22.9 Å². The molecule has 6 heteroatoms. The molecule has 2 aromatic rings. The molecular weight excluding hydrogens is 308 g/mol. The fourth-order valence-electron chi connectivity index (χ4n) is 1.54. The molecule has 1 aromatic carbocycles. The summed E-state index contributed by atoms with van der Waals surface area (Å²) in [5, 5.41) is 3.24. The Morgan fingerprint density at radius 1 is 1.37 bits per heavy atom. The van der Waals surface area contributed by atoms with E-state index in [1.165, 1.54) is 6.07 Å². The summed E-state index contributed by atoms with van der Waals surface area (Å²) >= 11 is 13.1. The van der Waals surface area contributed by atoms with Gasteiger partial charge < -0.3 is 4.74 Å². The first kappa shape index (κ1) is 14.6. The van der Waals surface area contributed by atoms with Crippen LogP contribution in [-0.2, 0) is 12.3 Å². The average Bonchev–Trinajstić information content (AvgIpc) is 2.85. The summed E-state index contributed by atoms with van der Waals surface area (Å²) in [5.41, 5.74) is 0.889. The Kier molecular flexibility index (Phi) is 5.43. The van der Waals surface area contributed by atoms with E-state index < -0.39 is 5.82 Å². The van der Waals surface area contributed by atoms with Crippen LogP contribution in [0.3, 0.4) is 0 Å². The van der Waals surface area contributed by atoms with Crippen molar-refractivity contribution in [3.63, 3.8) is 0 Å². The van der Waals surface area contributed by atoms with Crippen molar-refractivity contribution in [1.29, 1.82) is 0 Å². The van der Waals surface area contributed by atoms with Crippen LogP contribution in [0.15, 0.2) is 23.6 Å². The summed E-state index contributed by atoms with van der Waals surface area (Å²) in [6.07, 6.45) is 1.54. The van der Waals surface area contributed by atoms with Gasteiger partial charge in [0.05, 0.1) is 28.2 Å². The van der Waals surface area contributed by atoms with E-state index in [-0.39, 0.29) is 5.75 Å². The third-order valence-electron chi connectivity index (χ3n) is 2.44. The normalized spacial score (nSPS) is 10.7. The summed E-state index contributed by atoms with van der Waals surface area (Å²) in [7, 11) is 0. The molecule has 0 aliphatic heterocycles.